The van der Waals surface area contributed by atoms with Crippen molar-refractivity contribution in [2.24, 2.45) is 5.10 Å². The number of hydrogen-bond acceptors (Lipinski definition) is 7. The van der Waals surface area contributed by atoms with Gasteiger partial charge in [0.15, 0.2) is 16.4 Å². The zero-order valence-electron chi connectivity index (χ0n) is 14.8. The first-order chi connectivity index (χ1) is 13.2. The summed E-state index contributed by atoms with van der Waals surface area (Å²) >= 11 is 0. The van der Waals surface area contributed by atoms with Gasteiger partial charge in [0.2, 0.25) is 5.91 Å². The molecule has 2 aliphatic rings. The second-order valence-corrected chi connectivity index (χ2v) is 8.67. The molecule has 0 saturated carbocycles. The molecule has 0 unspecified atom stereocenters. The van der Waals surface area contributed by atoms with Gasteiger partial charge in [-0.2, -0.15) is 5.10 Å². The fraction of sp³-hybridized carbons (Fsp3) is 0.412. The maximum atomic E-state index is 13.5. The number of carbonyl (C=O) groups is 3. The van der Waals surface area contributed by atoms with E-state index in [0.717, 1.165) is 5.01 Å². The van der Waals surface area contributed by atoms with E-state index in [2.05, 4.69) is 10.4 Å². The van der Waals surface area contributed by atoms with Gasteiger partial charge in [0, 0.05) is 12.8 Å². The molecule has 1 fully saturated rings. The molecular weight excluding hydrogens is 393 g/mol. The molecular formula is C17H18FN3O6S. The Bertz CT molecular complexity index is 946. The van der Waals surface area contributed by atoms with E-state index in [1.54, 1.807) is 0 Å². The molecule has 0 aromatic heterocycles. The van der Waals surface area contributed by atoms with Crippen molar-refractivity contribution >= 4 is 39.0 Å². The lowest BCUT2D eigenvalue weighted by atomic mass is 10.1. The number of sulfone groups is 1. The van der Waals surface area contributed by atoms with Gasteiger partial charge in [-0.3, -0.25) is 9.59 Å². The Morgan fingerprint density at radius 3 is 2.71 bits per heavy atom. The molecule has 2 aliphatic heterocycles. The number of esters is 1. The molecule has 0 radical (unpaired) electrons. The second-order valence-electron chi connectivity index (χ2n) is 6.45. The first-order valence-corrected chi connectivity index (χ1v) is 10.4. The van der Waals surface area contributed by atoms with Crippen LogP contribution in [-0.2, 0) is 29.0 Å². The Morgan fingerprint density at radius 2 is 2.04 bits per heavy atom. The number of benzene rings is 1. The zero-order chi connectivity index (χ0) is 20.3. The molecule has 1 saturated heterocycles. The first-order valence-electron chi connectivity index (χ1n) is 8.56. The largest absolute Gasteiger partial charge is 0.451 e. The number of rotatable bonds is 5. The predicted octanol–water partition coefficient (Wildman–Crippen LogP) is 0.473. The van der Waals surface area contributed by atoms with Crippen molar-refractivity contribution in [3.05, 3.63) is 30.1 Å². The van der Waals surface area contributed by atoms with Crippen molar-refractivity contribution in [1.82, 2.24) is 5.01 Å². The van der Waals surface area contributed by atoms with Gasteiger partial charge in [-0.1, -0.05) is 12.1 Å². The summed E-state index contributed by atoms with van der Waals surface area (Å²) in [5, 5.41) is 7.26. The smallest absolute Gasteiger partial charge is 0.355 e. The lowest BCUT2D eigenvalue weighted by molar-refractivity contribution is -0.141. The number of hydrogen-bond donors (Lipinski definition) is 1. The molecule has 28 heavy (non-hydrogen) atoms. The van der Waals surface area contributed by atoms with Gasteiger partial charge in [-0.25, -0.2) is 22.6 Å². The molecule has 2 heterocycles. The summed E-state index contributed by atoms with van der Waals surface area (Å²) in [5.41, 5.74) is -0.111. The normalized spacial score (nSPS) is 21.2. The van der Waals surface area contributed by atoms with Crippen LogP contribution in [0.15, 0.2) is 29.4 Å². The van der Waals surface area contributed by atoms with Crippen LogP contribution < -0.4 is 5.32 Å². The van der Waals surface area contributed by atoms with Crippen LogP contribution in [0.3, 0.4) is 0 Å². The number of anilines is 1. The minimum Gasteiger partial charge on any atom is -0.451 e. The van der Waals surface area contributed by atoms with Crippen molar-refractivity contribution < 1.29 is 31.9 Å². The van der Waals surface area contributed by atoms with E-state index in [0.29, 0.717) is 0 Å². The quantitative estimate of drug-likeness (QED) is 0.703. The average Bonchev–Trinajstić information content (AvgIpc) is 3.01. The summed E-state index contributed by atoms with van der Waals surface area (Å²) in [6.07, 6.45) is 0.277. The topological polar surface area (TPSA) is 122 Å². The number of nitrogens with zero attached hydrogens (tertiary/aromatic N) is 2. The Balaban J connectivity index is 1.59. The number of halogens is 1. The van der Waals surface area contributed by atoms with Gasteiger partial charge >= 0.3 is 5.97 Å². The van der Waals surface area contributed by atoms with Crippen LogP contribution in [0.25, 0.3) is 0 Å². The molecule has 2 amide bonds. The summed E-state index contributed by atoms with van der Waals surface area (Å²) in [4.78, 5) is 36.0. The van der Waals surface area contributed by atoms with E-state index in [1.807, 2.05) is 0 Å². The van der Waals surface area contributed by atoms with E-state index >= 15 is 0 Å². The summed E-state index contributed by atoms with van der Waals surface area (Å²) in [6.45, 7) is -0.655. The molecule has 3 rings (SSSR count). The number of nitrogens with one attached hydrogen (secondary N) is 1. The SMILES string of the molecule is O=C(COC(=O)C1=NN([C@H]2CCS(=O)(=O)C2)C(=O)CC1)Nc1ccccc1F. The molecule has 150 valence electrons. The van der Waals surface area contributed by atoms with Crippen LogP contribution in [0.1, 0.15) is 19.3 Å². The fourth-order valence-corrected chi connectivity index (χ4v) is 4.63. The minimum absolute atomic E-state index is 0.00803. The highest BCUT2D eigenvalue weighted by molar-refractivity contribution is 7.91. The monoisotopic (exact) mass is 411 g/mol. The number of para-hydroxylation sites is 1. The molecule has 1 N–H and O–H groups in total. The minimum atomic E-state index is -3.22. The number of amides is 2. The molecule has 0 spiro atoms. The van der Waals surface area contributed by atoms with Gasteiger partial charge < -0.3 is 10.1 Å². The lowest BCUT2D eigenvalue weighted by Crippen LogP contribution is -2.42. The van der Waals surface area contributed by atoms with Crippen molar-refractivity contribution in [2.75, 3.05) is 23.4 Å². The highest BCUT2D eigenvalue weighted by atomic mass is 32.2. The third-order valence-corrected chi connectivity index (χ3v) is 6.08. The fourth-order valence-electron chi connectivity index (χ4n) is 2.94. The van der Waals surface area contributed by atoms with Gasteiger partial charge in [-0.15, -0.1) is 0 Å². The highest BCUT2D eigenvalue weighted by Crippen LogP contribution is 2.22. The van der Waals surface area contributed by atoms with E-state index in [9.17, 15) is 27.2 Å². The van der Waals surface area contributed by atoms with Crippen LogP contribution in [0.4, 0.5) is 10.1 Å². The summed E-state index contributed by atoms with van der Waals surface area (Å²) in [6, 6.07) is 4.93. The van der Waals surface area contributed by atoms with Crippen molar-refractivity contribution in [1.29, 1.82) is 0 Å². The van der Waals surface area contributed by atoms with E-state index in [1.165, 1.54) is 24.3 Å². The van der Waals surface area contributed by atoms with Gasteiger partial charge in [0.25, 0.3) is 5.91 Å². The van der Waals surface area contributed by atoms with Gasteiger partial charge in [-0.05, 0) is 18.6 Å². The third-order valence-electron chi connectivity index (χ3n) is 4.33. The Hall–Kier alpha value is -2.82. The Kier molecular flexibility index (Phi) is 5.73. The van der Waals surface area contributed by atoms with Crippen LogP contribution >= 0.6 is 0 Å². The molecule has 1 aromatic carbocycles. The highest BCUT2D eigenvalue weighted by Gasteiger charge is 2.37. The van der Waals surface area contributed by atoms with Crippen LogP contribution in [0.2, 0.25) is 0 Å². The lowest BCUT2D eigenvalue weighted by Gasteiger charge is -2.27. The predicted molar refractivity (Wildman–Crippen MR) is 96.6 cm³/mol. The van der Waals surface area contributed by atoms with Crippen molar-refractivity contribution in [3.63, 3.8) is 0 Å². The Morgan fingerprint density at radius 1 is 1.29 bits per heavy atom. The molecule has 1 atom stereocenters. The number of carbonyl (C=O) groups excluding carboxylic acids is 3. The molecule has 9 nitrogen and oxygen atoms in total. The van der Waals surface area contributed by atoms with Crippen molar-refractivity contribution in [2.45, 2.75) is 25.3 Å². The first kappa shape index (κ1) is 19.9. The Labute approximate surface area is 160 Å². The molecule has 11 heteroatoms. The average molecular weight is 411 g/mol. The third kappa shape index (κ3) is 4.71. The van der Waals surface area contributed by atoms with Crippen LogP contribution in [0.5, 0.6) is 0 Å². The van der Waals surface area contributed by atoms with Crippen molar-refractivity contribution in [3.8, 4) is 0 Å². The van der Waals surface area contributed by atoms with Crippen LogP contribution in [0, 0.1) is 5.82 Å². The zero-order valence-corrected chi connectivity index (χ0v) is 15.6. The molecule has 0 aliphatic carbocycles. The van der Waals surface area contributed by atoms with E-state index in [4.69, 9.17) is 4.74 Å². The van der Waals surface area contributed by atoms with E-state index < -0.39 is 40.2 Å². The van der Waals surface area contributed by atoms with Gasteiger partial charge in [0.05, 0.1) is 23.2 Å². The maximum Gasteiger partial charge on any atom is 0.355 e. The van der Waals surface area contributed by atoms with Gasteiger partial charge in [0.1, 0.15) is 11.5 Å². The second kappa shape index (κ2) is 8.05. The molecule has 0 bridgehead atoms. The maximum absolute atomic E-state index is 13.5. The summed E-state index contributed by atoms with van der Waals surface area (Å²) in [7, 11) is -3.22. The van der Waals surface area contributed by atoms with E-state index in [-0.39, 0.29) is 48.1 Å². The standard InChI is InChI=1S/C17H18FN3O6S/c18-12-3-1-2-4-13(12)19-15(22)9-27-17(24)14-5-6-16(23)21(20-14)11-7-8-28(25,26)10-11/h1-4,11H,5-10H2,(H,19,22)/t11-/m0/s1. The number of ether oxygens (including phenoxy) is 1. The summed E-state index contributed by atoms with van der Waals surface area (Å²) < 4.78 is 41.6. The summed E-state index contributed by atoms with van der Waals surface area (Å²) in [5.74, 6) is -2.84. The molecule has 1 aromatic rings. The van der Waals surface area contributed by atoms with Crippen LogP contribution in [-0.4, -0.2) is 61.1 Å². The number of hydrazone groups is 1.